The summed E-state index contributed by atoms with van der Waals surface area (Å²) >= 11 is 0. The van der Waals surface area contributed by atoms with Crippen molar-refractivity contribution in [2.24, 2.45) is 5.92 Å². The molecule has 3 amide bonds. The highest BCUT2D eigenvalue weighted by Gasteiger charge is 2.37. The van der Waals surface area contributed by atoms with E-state index in [1.165, 1.54) is 7.11 Å². The number of hydrogen-bond donors (Lipinski definition) is 2. The molecule has 1 fully saturated rings. The smallest absolute Gasteiger partial charge is 0.311 e. The standard InChI is InChI=1S/C27H25N3O7/c1-35-23-10-6-5-9-22(23)26(33)29-30-16-18(15-25(30)32)27(34)36-17-24(31)28-19-11-13-21(14-12-19)37-20-7-3-2-4-8-20/h2-14,18H,15-17H2,1H3,(H,28,31)(H,29,33)/t18-/m0/s1. The Morgan fingerprint density at radius 2 is 1.59 bits per heavy atom. The number of amides is 3. The molecule has 3 aromatic rings. The molecule has 3 aromatic carbocycles. The van der Waals surface area contributed by atoms with Gasteiger partial charge in [0.05, 0.1) is 25.1 Å². The molecule has 1 aliphatic heterocycles. The first-order valence-corrected chi connectivity index (χ1v) is 11.5. The van der Waals surface area contributed by atoms with E-state index in [0.717, 1.165) is 5.01 Å². The Morgan fingerprint density at radius 1 is 0.919 bits per heavy atom. The topological polar surface area (TPSA) is 123 Å². The molecule has 37 heavy (non-hydrogen) atoms. The van der Waals surface area contributed by atoms with Crippen LogP contribution in [-0.4, -0.2) is 49.0 Å². The molecule has 1 saturated heterocycles. The number of para-hydroxylation sites is 2. The van der Waals surface area contributed by atoms with E-state index in [4.69, 9.17) is 14.2 Å². The fourth-order valence-electron chi connectivity index (χ4n) is 3.67. The lowest BCUT2D eigenvalue weighted by Gasteiger charge is -2.18. The van der Waals surface area contributed by atoms with E-state index in [-0.39, 0.29) is 18.5 Å². The highest BCUT2D eigenvalue weighted by atomic mass is 16.5. The van der Waals surface area contributed by atoms with Crippen LogP contribution >= 0.6 is 0 Å². The molecule has 10 heteroatoms. The third kappa shape index (κ3) is 6.63. The van der Waals surface area contributed by atoms with Crippen LogP contribution in [0.15, 0.2) is 78.9 Å². The molecule has 0 unspecified atom stereocenters. The zero-order chi connectivity index (χ0) is 26.2. The minimum atomic E-state index is -0.812. The molecule has 0 saturated carbocycles. The minimum absolute atomic E-state index is 0.0664. The van der Waals surface area contributed by atoms with Crippen molar-refractivity contribution in [1.82, 2.24) is 10.4 Å². The Labute approximate surface area is 213 Å². The van der Waals surface area contributed by atoms with Crippen LogP contribution in [0.1, 0.15) is 16.8 Å². The highest BCUT2D eigenvalue weighted by Crippen LogP contribution is 2.23. The first-order chi connectivity index (χ1) is 17.9. The molecule has 0 spiro atoms. The Morgan fingerprint density at radius 3 is 2.32 bits per heavy atom. The minimum Gasteiger partial charge on any atom is -0.496 e. The van der Waals surface area contributed by atoms with E-state index < -0.39 is 36.2 Å². The number of ether oxygens (including phenoxy) is 3. The Balaban J connectivity index is 1.23. The van der Waals surface area contributed by atoms with Gasteiger partial charge in [-0.25, -0.2) is 0 Å². The molecule has 1 atom stereocenters. The van der Waals surface area contributed by atoms with Gasteiger partial charge < -0.3 is 19.5 Å². The predicted molar refractivity (Wildman–Crippen MR) is 133 cm³/mol. The number of hydrazine groups is 1. The summed E-state index contributed by atoms with van der Waals surface area (Å²) in [6.07, 6.45) is -0.143. The number of carbonyl (C=O) groups is 4. The van der Waals surface area contributed by atoms with Gasteiger partial charge in [0.1, 0.15) is 17.2 Å². The Kier molecular flexibility index (Phi) is 7.99. The van der Waals surface area contributed by atoms with Gasteiger partial charge in [0.25, 0.3) is 11.8 Å². The third-order valence-electron chi connectivity index (χ3n) is 5.51. The van der Waals surface area contributed by atoms with Gasteiger partial charge in [0.15, 0.2) is 6.61 Å². The Bertz CT molecular complexity index is 1280. The van der Waals surface area contributed by atoms with Crippen molar-refractivity contribution in [2.45, 2.75) is 6.42 Å². The molecule has 190 valence electrons. The second-order valence-electron chi connectivity index (χ2n) is 8.14. The lowest BCUT2D eigenvalue weighted by molar-refractivity contribution is -0.151. The van der Waals surface area contributed by atoms with Crippen LogP contribution in [0.5, 0.6) is 17.2 Å². The second-order valence-corrected chi connectivity index (χ2v) is 8.14. The molecular weight excluding hydrogens is 478 g/mol. The van der Waals surface area contributed by atoms with Crippen LogP contribution in [0.2, 0.25) is 0 Å². The first kappa shape index (κ1) is 25.2. The lowest BCUT2D eigenvalue weighted by Crippen LogP contribution is -2.43. The molecule has 10 nitrogen and oxygen atoms in total. The van der Waals surface area contributed by atoms with Crippen LogP contribution in [-0.2, 0) is 19.1 Å². The summed E-state index contributed by atoms with van der Waals surface area (Å²) in [4.78, 5) is 49.5. The fraction of sp³-hybridized carbons (Fsp3) is 0.185. The second kappa shape index (κ2) is 11.7. The summed E-state index contributed by atoms with van der Waals surface area (Å²) < 4.78 is 16.0. The zero-order valence-electron chi connectivity index (χ0n) is 20.0. The maximum absolute atomic E-state index is 12.5. The van der Waals surface area contributed by atoms with Crippen molar-refractivity contribution in [3.05, 3.63) is 84.4 Å². The van der Waals surface area contributed by atoms with Crippen molar-refractivity contribution in [2.75, 3.05) is 25.6 Å². The predicted octanol–water partition coefficient (Wildman–Crippen LogP) is 3.16. The van der Waals surface area contributed by atoms with E-state index in [2.05, 4.69) is 10.7 Å². The number of rotatable bonds is 9. The van der Waals surface area contributed by atoms with E-state index in [0.29, 0.717) is 22.9 Å². The van der Waals surface area contributed by atoms with Gasteiger partial charge in [-0.1, -0.05) is 30.3 Å². The monoisotopic (exact) mass is 503 g/mol. The zero-order valence-corrected chi connectivity index (χ0v) is 20.0. The third-order valence-corrected chi connectivity index (χ3v) is 5.51. The van der Waals surface area contributed by atoms with Gasteiger partial charge in [-0.3, -0.25) is 29.6 Å². The van der Waals surface area contributed by atoms with Crippen LogP contribution in [0.3, 0.4) is 0 Å². The van der Waals surface area contributed by atoms with Gasteiger partial charge in [-0.2, -0.15) is 0 Å². The van der Waals surface area contributed by atoms with E-state index in [9.17, 15) is 19.2 Å². The van der Waals surface area contributed by atoms with Gasteiger partial charge in [0, 0.05) is 12.1 Å². The van der Waals surface area contributed by atoms with Crippen LogP contribution < -0.4 is 20.2 Å². The summed E-state index contributed by atoms with van der Waals surface area (Å²) in [6.45, 7) is -0.581. The average Bonchev–Trinajstić information content (AvgIpc) is 3.28. The normalized spacial score (nSPS) is 14.6. The number of nitrogens with one attached hydrogen (secondary N) is 2. The first-order valence-electron chi connectivity index (χ1n) is 11.5. The van der Waals surface area contributed by atoms with E-state index >= 15 is 0 Å². The van der Waals surface area contributed by atoms with Crippen molar-refractivity contribution in [3.8, 4) is 17.2 Å². The van der Waals surface area contributed by atoms with Gasteiger partial charge in [0.2, 0.25) is 5.91 Å². The van der Waals surface area contributed by atoms with Crippen molar-refractivity contribution < 1.29 is 33.4 Å². The summed E-state index contributed by atoms with van der Waals surface area (Å²) in [5.74, 6) is -1.38. The quantitative estimate of drug-likeness (QED) is 0.430. The van der Waals surface area contributed by atoms with Crippen molar-refractivity contribution in [1.29, 1.82) is 0 Å². The molecule has 0 aliphatic carbocycles. The molecule has 0 aromatic heterocycles. The number of methoxy groups -OCH3 is 1. The highest BCUT2D eigenvalue weighted by molar-refractivity contribution is 5.98. The van der Waals surface area contributed by atoms with Crippen molar-refractivity contribution >= 4 is 29.4 Å². The van der Waals surface area contributed by atoms with Crippen molar-refractivity contribution in [3.63, 3.8) is 0 Å². The summed E-state index contributed by atoms with van der Waals surface area (Å²) in [5, 5.41) is 3.70. The maximum Gasteiger partial charge on any atom is 0.311 e. The maximum atomic E-state index is 12.5. The number of benzene rings is 3. The van der Waals surface area contributed by atoms with Gasteiger partial charge >= 0.3 is 5.97 Å². The number of anilines is 1. The number of hydrogen-bond acceptors (Lipinski definition) is 7. The SMILES string of the molecule is COc1ccccc1C(=O)NN1C[C@@H](C(=O)OCC(=O)Nc2ccc(Oc3ccccc3)cc2)CC1=O. The average molecular weight is 504 g/mol. The van der Waals surface area contributed by atoms with Crippen LogP contribution in [0.25, 0.3) is 0 Å². The molecular formula is C27H25N3O7. The molecule has 2 N–H and O–H groups in total. The number of nitrogens with zero attached hydrogens (tertiary/aromatic N) is 1. The van der Waals surface area contributed by atoms with E-state index in [1.54, 1.807) is 48.5 Å². The lowest BCUT2D eigenvalue weighted by atomic mass is 10.1. The number of esters is 1. The fourth-order valence-corrected chi connectivity index (χ4v) is 3.67. The number of carbonyl (C=O) groups excluding carboxylic acids is 4. The van der Waals surface area contributed by atoms with E-state index in [1.807, 2.05) is 30.3 Å². The summed E-state index contributed by atoms with van der Waals surface area (Å²) in [7, 11) is 1.44. The van der Waals surface area contributed by atoms with Crippen LogP contribution in [0.4, 0.5) is 5.69 Å². The molecule has 0 bridgehead atoms. The Hall–Kier alpha value is -4.86. The molecule has 1 heterocycles. The van der Waals surface area contributed by atoms with Crippen LogP contribution in [0, 0.1) is 5.92 Å². The molecule has 0 radical (unpaired) electrons. The van der Waals surface area contributed by atoms with Gasteiger partial charge in [-0.15, -0.1) is 0 Å². The molecule has 4 rings (SSSR count). The largest absolute Gasteiger partial charge is 0.496 e. The summed E-state index contributed by atoms with van der Waals surface area (Å²) in [5.41, 5.74) is 3.24. The molecule has 1 aliphatic rings. The van der Waals surface area contributed by atoms with Gasteiger partial charge in [-0.05, 0) is 48.5 Å². The summed E-state index contributed by atoms with van der Waals surface area (Å²) in [6, 6.07) is 22.6.